The van der Waals surface area contributed by atoms with Gasteiger partial charge in [0.1, 0.15) is 10.7 Å². The van der Waals surface area contributed by atoms with Crippen molar-refractivity contribution in [1.29, 1.82) is 0 Å². The van der Waals surface area contributed by atoms with E-state index >= 15 is 0 Å². The largest absolute Gasteiger partial charge is 0.399 e. The van der Waals surface area contributed by atoms with Crippen LogP contribution >= 0.6 is 0 Å². The average Bonchev–Trinajstić information content (AvgIpc) is 3.13. The third-order valence-corrected chi connectivity index (χ3v) is 5.89. The summed E-state index contributed by atoms with van der Waals surface area (Å²) in [5.74, 6) is -0.595. The smallest absolute Gasteiger partial charge is 0.246 e. The molecule has 1 saturated carbocycles. The maximum absolute atomic E-state index is 14.0. The van der Waals surface area contributed by atoms with E-state index in [-0.39, 0.29) is 30.3 Å². The number of hydrogen-bond acceptors (Lipinski definition) is 4. The topological polar surface area (TPSA) is 83.6 Å². The SMILES string of the molecule is Cc1cc(N)cc(S(=O)(=O)N2CC(O)(C3CC3)C2)c1F. The number of benzene rings is 1. The molecule has 0 spiro atoms. The number of rotatable bonds is 3. The summed E-state index contributed by atoms with van der Waals surface area (Å²) in [6.45, 7) is 1.54. The van der Waals surface area contributed by atoms with E-state index in [1.165, 1.54) is 13.0 Å². The van der Waals surface area contributed by atoms with Crippen LogP contribution in [0.15, 0.2) is 17.0 Å². The van der Waals surface area contributed by atoms with E-state index in [0.29, 0.717) is 0 Å². The van der Waals surface area contributed by atoms with Gasteiger partial charge in [-0.25, -0.2) is 12.8 Å². The minimum atomic E-state index is -3.94. The lowest BCUT2D eigenvalue weighted by Gasteiger charge is -2.45. The first kappa shape index (κ1) is 13.8. The molecule has 0 aromatic heterocycles. The van der Waals surface area contributed by atoms with Gasteiger partial charge in [-0.05, 0) is 43.4 Å². The average molecular weight is 300 g/mol. The van der Waals surface area contributed by atoms with Crippen LogP contribution < -0.4 is 5.73 Å². The molecule has 20 heavy (non-hydrogen) atoms. The molecule has 1 aromatic rings. The predicted molar refractivity (Wildman–Crippen MR) is 72.0 cm³/mol. The summed E-state index contributed by atoms with van der Waals surface area (Å²) in [6.07, 6.45) is 1.85. The molecule has 2 aliphatic rings. The lowest BCUT2D eigenvalue weighted by molar-refractivity contribution is -0.0765. The van der Waals surface area contributed by atoms with Crippen molar-refractivity contribution in [3.8, 4) is 0 Å². The number of sulfonamides is 1. The number of nitrogens with two attached hydrogens (primary N) is 1. The molecule has 0 unspecified atom stereocenters. The van der Waals surface area contributed by atoms with Crippen LogP contribution in [0.1, 0.15) is 18.4 Å². The Hall–Kier alpha value is -1.18. The van der Waals surface area contributed by atoms with Gasteiger partial charge in [-0.2, -0.15) is 4.31 Å². The van der Waals surface area contributed by atoms with Crippen molar-refractivity contribution in [2.45, 2.75) is 30.3 Å². The molecule has 7 heteroatoms. The Balaban J connectivity index is 1.90. The quantitative estimate of drug-likeness (QED) is 0.811. The van der Waals surface area contributed by atoms with Crippen LogP contribution in [-0.2, 0) is 10.0 Å². The summed E-state index contributed by atoms with van der Waals surface area (Å²) in [4.78, 5) is -0.409. The molecule has 0 bridgehead atoms. The van der Waals surface area contributed by atoms with Crippen LogP contribution in [0, 0.1) is 18.7 Å². The number of anilines is 1. The molecule has 0 atom stereocenters. The number of nitrogens with zero attached hydrogens (tertiary/aromatic N) is 1. The molecule has 3 rings (SSSR count). The van der Waals surface area contributed by atoms with E-state index in [4.69, 9.17) is 5.73 Å². The molecule has 3 N–H and O–H groups in total. The molecule has 0 radical (unpaired) electrons. The lowest BCUT2D eigenvalue weighted by Crippen LogP contribution is -2.64. The highest BCUT2D eigenvalue weighted by Gasteiger charge is 2.55. The zero-order valence-corrected chi connectivity index (χ0v) is 12.0. The van der Waals surface area contributed by atoms with Gasteiger partial charge in [0.15, 0.2) is 0 Å². The van der Waals surface area contributed by atoms with E-state index < -0.39 is 26.3 Å². The molecular weight excluding hydrogens is 283 g/mol. The summed E-state index contributed by atoms with van der Waals surface area (Å²) in [5.41, 5.74) is 5.07. The zero-order chi connectivity index (χ0) is 14.7. The third-order valence-electron chi connectivity index (χ3n) is 4.10. The molecule has 1 heterocycles. The number of hydrogen-bond donors (Lipinski definition) is 2. The number of aryl methyl sites for hydroxylation is 1. The van der Waals surface area contributed by atoms with Crippen LogP contribution in [0.3, 0.4) is 0 Å². The number of halogens is 1. The van der Waals surface area contributed by atoms with Crippen molar-refractivity contribution >= 4 is 15.7 Å². The van der Waals surface area contributed by atoms with Crippen LogP contribution in [-0.4, -0.2) is 36.5 Å². The van der Waals surface area contributed by atoms with Crippen molar-refractivity contribution in [2.75, 3.05) is 18.8 Å². The summed E-state index contributed by atoms with van der Waals surface area (Å²) in [7, 11) is -3.94. The number of aliphatic hydroxyl groups is 1. The molecule has 1 aliphatic carbocycles. The molecule has 1 aliphatic heterocycles. The molecule has 110 valence electrons. The van der Waals surface area contributed by atoms with Gasteiger partial charge in [-0.15, -0.1) is 0 Å². The first-order valence-corrected chi connectivity index (χ1v) is 7.96. The maximum Gasteiger partial charge on any atom is 0.246 e. The van der Waals surface area contributed by atoms with Crippen molar-refractivity contribution in [2.24, 2.45) is 5.92 Å². The fourth-order valence-electron chi connectivity index (χ4n) is 2.70. The highest BCUT2D eigenvalue weighted by molar-refractivity contribution is 7.89. The first-order valence-electron chi connectivity index (χ1n) is 6.52. The molecular formula is C13H17FN2O3S. The predicted octanol–water partition coefficient (Wildman–Crippen LogP) is 0.862. The standard InChI is InChI=1S/C13H17FN2O3S/c1-8-4-10(15)5-11(12(8)14)20(18,19)16-6-13(17,7-16)9-2-3-9/h4-5,9,17H,2-3,6-7,15H2,1H3. The molecule has 5 nitrogen and oxygen atoms in total. The summed E-state index contributed by atoms with van der Waals surface area (Å²) in [6, 6.07) is 2.52. The van der Waals surface area contributed by atoms with Gasteiger partial charge in [0, 0.05) is 18.8 Å². The van der Waals surface area contributed by atoms with Gasteiger partial charge in [-0.1, -0.05) is 0 Å². The highest BCUT2D eigenvalue weighted by atomic mass is 32.2. The van der Waals surface area contributed by atoms with Crippen LogP contribution in [0.5, 0.6) is 0 Å². The van der Waals surface area contributed by atoms with Crippen LogP contribution in [0.25, 0.3) is 0 Å². The van der Waals surface area contributed by atoms with Gasteiger partial charge >= 0.3 is 0 Å². The maximum atomic E-state index is 14.0. The van der Waals surface area contributed by atoms with Gasteiger partial charge in [-0.3, -0.25) is 0 Å². The van der Waals surface area contributed by atoms with E-state index in [1.807, 2.05) is 0 Å². The first-order chi connectivity index (χ1) is 9.24. The second-order valence-electron chi connectivity index (χ2n) is 5.80. The number of β-amino-alcohol motifs (C(OH)–C–C–N with tert-alkyl or cyclic N) is 1. The van der Waals surface area contributed by atoms with Gasteiger partial charge in [0.2, 0.25) is 10.0 Å². The second-order valence-corrected chi connectivity index (χ2v) is 7.71. The highest BCUT2D eigenvalue weighted by Crippen LogP contribution is 2.46. The van der Waals surface area contributed by atoms with Crippen LogP contribution in [0.2, 0.25) is 0 Å². The lowest BCUT2D eigenvalue weighted by atomic mass is 9.91. The van der Waals surface area contributed by atoms with E-state index in [0.717, 1.165) is 23.2 Å². The minimum Gasteiger partial charge on any atom is -0.399 e. The molecule has 1 aromatic carbocycles. The Morgan fingerprint density at radius 1 is 1.40 bits per heavy atom. The summed E-state index contributed by atoms with van der Waals surface area (Å²) >= 11 is 0. The Bertz CT molecular complexity index is 664. The van der Waals surface area contributed by atoms with Crippen molar-refractivity contribution in [3.63, 3.8) is 0 Å². The number of nitrogen functional groups attached to an aromatic ring is 1. The third kappa shape index (κ3) is 2.01. The van der Waals surface area contributed by atoms with Gasteiger partial charge in [0.05, 0.1) is 5.60 Å². The monoisotopic (exact) mass is 300 g/mol. The molecule has 2 fully saturated rings. The fourth-order valence-corrected chi connectivity index (χ4v) is 4.44. The molecule has 1 saturated heterocycles. The van der Waals surface area contributed by atoms with Gasteiger partial charge in [0.25, 0.3) is 0 Å². The Labute approximate surface area is 117 Å². The fraction of sp³-hybridized carbons (Fsp3) is 0.538. The van der Waals surface area contributed by atoms with Crippen molar-refractivity contribution in [1.82, 2.24) is 4.31 Å². The van der Waals surface area contributed by atoms with E-state index in [1.54, 1.807) is 0 Å². The summed E-state index contributed by atoms with van der Waals surface area (Å²) in [5, 5.41) is 10.2. The van der Waals surface area contributed by atoms with Gasteiger partial charge < -0.3 is 10.8 Å². The zero-order valence-electron chi connectivity index (χ0n) is 11.1. The van der Waals surface area contributed by atoms with Crippen molar-refractivity contribution in [3.05, 3.63) is 23.5 Å². The molecule has 0 amide bonds. The van der Waals surface area contributed by atoms with E-state index in [9.17, 15) is 17.9 Å². The Morgan fingerprint density at radius 2 is 2.00 bits per heavy atom. The van der Waals surface area contributed by atoms with Crippen LogP contribution in [0.4, 0.5) is 10.1 Å². The normalized spacial score (nSPS) is 22.6. The van der Waals surface area contributed by atoms with E-state index in [2.05, 4.69) is 0 Å². The van der Waals surface area contributed by atoms with Crippen molar-refractivity contribution < 1.29 is 17.9 Å². The Kier molecular flexibility index (Phi) is 2.87. The summed E-state index contributed by atoms with van der Waals surface area (Å²) < 4.78 is 39.9. The second kappa shape index (κ2) is 4.16. The Morgan fingerprint density at radius 3 is 2.55 bits per heavy atom. The minimum absolute atomic E-state index is 0.0350.